The van der Waals surface area contributed by atoms with Crippen molar-refractivity contribution in [3.8, 4) is 0 Å². The molecular formula is C13H21N3O2. The fourth-order valence-corrected chi connectivity index (χ4v) is 2.53. The highest BCUT2D eigenvalue weighted by Gasteiger charge is 2.20. The van der Waals surface area contributed by atoms with E-state index in [0.29, 0.717) is 12.3 Å². The summed E-state index contributed by atoms with van der Waals surface area (Å²) in [5.74, 6) is -0.0869. The van der Waals surface area contributed by atoms with Crippen LogP contribution >= 0.6 is 0 Å². The third kappa shape index (κ3) is 3.57. The molecule has 1 aliphatic rings. The maximum Gasteiger partial charge on any atom is 0.303 e. The van der Waals surface area contributed by atoms with E-state index in [0.717, 1.165) is 38.9 Å². The molecule has 1 aliphatic heterocycles. The lowest BCUT2D eigenvalue weighted by molar-refractivity contribution is -0.137. The third-order valence-electron chi connectivity index (χ3n) is 3.78. The van der Waals surface area contributed by atoms with E-state index >= 15 is 0 Å². The molecular weight excluding hydrogens is 230 g/mol. The second kappa shape index (κ2) is 6.00. The van der Waals surface area contributed by atoms with E-state index < -0.39 is 5.97 Å². The molecule has 2 rings (SSSR count). The second-order valence-electron chi connectivity index (χ2n) is 5.15. The van der Waals surface area contributed by atoms with Crippen molar-refractivity contribution in [1.29, 1.82) is 0 Å². The SMILES string of the molecule is Cn1cncc1CN1CCC(CCC(=O)O)CC1. The van der Waals surface area contributed by atoms with Gasteiger partial charge in [0.15, 0.2) is 0 Å². The Balaban J connectivity index is 1.73. The molecule has 1 aromatic rings. The Morgan fingerprint density at radius 2 is 2.22 bits per heavy atom. The van der Waals surface area contributed by atoms with Gasteiger partial charge >= 0.3 is 5.97 Å². The number of aromatic nitrogens is 2. The maximum absolute atomic E-state index is 10.5. The number of imidazole rings is 1. The molecule has 100 valence electrons. The van der Waals surface area contributed by atoms with E-state index in [2.05, 4.69) is 14.5 Å². The molecule has 1 saturated heterocycles. The number of aryl methyl sites for hydroxylation is 1. The van der Waals surface area contributed by atoms with Crippen LogP contribution < -0.4 is 0 Å². The minimum absolute atomic E-state index is 0.312. The predicted octanol–water partition coefficient (Wildman–Crippen LogP) is 1.50. The average molecular weight is 251 g/mol. The summed E-state index contributed by atoms with van der Waals surface area (Å²) in [6.45, 7) is 3.08. The van der Waals surface area contributed by atoms with Crippen LogP contribution in [0, 0.1) is 5.92 Å². The first-order valence-corrected chi connectivity index (χ1v) is 6.54. The van der Waals surface area contributed by atoms with Gasteiger partial charge in [0.05, 0.1) is 12.0 Å². The predicted molar refractivity (Wildman–Crippen MR) is 68.1 cm³/mol. The Hall–Kier alpha value is -1.36. The average Bonchev–Trinajstić information content (AvgIpc) is 2.74. The smallest absolute Gasteiger partial charge is 0.303 e. The number of rotatable bonds is 5. The zero-order valence-electron chi connectivity index (χ0n) is 10.9. The summed E-state index contributed by atoms with van der Waals surface area (Å²) in [4.78, 5) is 17.1. The van der Waals surface area contributed by atoms with Crippen molar-refractivity contribution in [3.63, 3.8) is 0 Å². The van der Waals surface area contributed by atoms with Gasteiger partial charge in [0.1, 0.15) is 0 Å². The number of likely N-dealkylation sites (tertiary alicyclic amines) is 1. The van der Waals surface area contributed by atoms with Crippen LogP contribution in [0.25, 0.3) is 0 Å². The number of piperidine rings is 1. The van der Waals surface area contributed by atoms with Crippen LogP contribution in [0.2, 0.25) is 0 Å². The van der Waals surface area contributed by atoms with E-state index in [1.54, 1.807) is 0 Å². The van der Waals surface area contributed by atoms with Gasteiger partial charge in [-0.25, -0.2) is 4.98 Å². The summed E-state index contributed by atoms with van der Waals surface area (Å²) in [5, 5.41) is 8.68. The molecule has 0 atom stereocenters. The second-order valence-corrected chi connectivity index (χ2v) is 5.15. The molecule has 0 amide bonds. The molecule has 0 aromatic carbocycles. The molecule has 1 fully saturated rings. The van der Waals surface area contributed by atoms with Crippen molar-refractivity contribution >= 4 is 5.97 Å². The number of carboxylic acid groups (broad SMARTS) is 1. The van der Waals surface area contributed by atoms with Gasteiger partial charge in [-0.15, -0.1) is 0 Å². The van der Waals surface area contributed by atoms with Gasteiger partial charge in [-0.05, 0) is 38.3 Å². The summed E-state index contributed by atoms with van der Waals surface area (Å²) in [6, 6.07) is 0. The molecule has 0 saturated carbocycles. The summed E-state index contributed by atoms with van der Waals surface area (Å²) in [7, 11) is 2.02. The van der Waals surface area contributed by atoms with Gasteiger partial charge in [-0.2, -0.15) is 0 Å². The van der Waals surface area contributed by atoms with Crippen LogP contribution in [-0.4, -0.2) is 38.6 Å². The monoisotopic (exact) mass is 251 g/mol. The van der Waals surface area contributed by atoms with Crippen molar-refractivity contribution in [1.82, 2.24) is 14.5 Å². The van der Waals surface area contributed by atoms with Crippen molar-refractivity contribution in [2.24, 2.45) is 13.0 Å². The van der Waals surface area contributed by atoms with Crippen LogP contribution in [0.3, 0.4) is 0 Å². The lowest BCUT2D eigenvalue weighted by atomic mass is 9.92. The topological polar surface area (TPSA) is 58.4 Å². The first-order valence-electron chi connectivity index (χ1n) is 6.54. The minimum atomic E-state index is -0.674. The zero-order valence-corrected chi connectivity index (χ0v) is 10.9. The molecule has 0 spiro atoms. The molecule has 0 bridgehead atoms. The van der Waals surface area contributed by atoms with Crippen LogP contribution in [-0.2, 0) is 18.4 Å². The third-order valence-corrected chi connectivity index (χ3v) is 3.78. The molecule has 0 radical (unpaired) electrons. The molecule has 5 heteroatoms. The molecule has 18 heavy (non-hydrogen) atoms. The highest BCUT2D eigenvalue weighted by atomic mass is 16.4. The quantitative estimate of drug-likeness (QED) is 0.861. The van der Waals surface area contributed by atoms with E-state index in [4.69, 9.17) is 5.11 Å². The molecule has 0 aliphatic carbocycles. The maximum atomic E-state index is 10.5. The lowest BCUT2D eigenvalue weighted by Crippen LogP contribution is -2.33. The zero-order chi connectivity index (χ0) is 13.0. The summed E-state index contributed by atoms with van der Waals surface area (Å²) < 4.78 is 2.05. The fraction of sp³-hybridized carbons (Fsp3) is 0.692. The van der Waals surface area contributed by atoms with Crippen molar-refractivity contribution in [2.45, 2.75) is 32.2 Å². The Kier molecular flexibility index (Phi) is 4.36. The fourth-order valence-electron chi connectivity index (χ4n) is 2.53. The molecule has 0 unspecified atom stereocenters. The number of carbonyl (C=O) groups is 1. The van der Waals surface area contributed by atoms with E-state index in [1.165, 1.54) is 5.69 Å². The van der Waals surface area contributed by atoms with Gasteiger partial charge in [0.25, 0.3) is 0 Å². The highest BCUT2D eigenvalue weighted by Crippen LogP contribution is 2.22. The number of hydrogen-bond acceptors (Lipinski definition) is 3. The summed E-state index contributed by atoms with van der Waals surface area (Å²) >= 11 is 0. The van der Waals surface area contributed by atoms with Gasteiger partial charge in [-0.3, -0.25) is 9.69 Å². The van der Waals surface area contributed by atoms with Gasteiger partial charge in [0, 0.05) is 26.2 Å². The van der Waals surface area contributed by atoms with Gasteiger partial charge < -0.3 is 9.67 Å². The number of hydrogen-bond donors (Lipinski definition) is 1. The summed E-state index contributed by atoms with van der Waals surface area (Å²) in [6.07, 6.45) is 7.11. The van der Waals surface area contributed by atoms with E-state index in [-0.39, 0.29) is 0 Å². The van der Waals surface area contributed by atoms with Crippen LogP contribution in [0.15, 0.2) is 12.5 Å². The normalized spacial score (nSPS) is 18.1. The number of aliphatic carboxylic acids is 1. The Labute approximate surface area is 107 Å². The molecule has 5 nitrogen and oxygen atoms in total. The van der Waals surface area contributed by atoms with Gasteiger partial charge in [0.2, 0.25) is 0 Å². The lowest BCUT2D eigenvalue weighted by Gasteiger charge is -2.31. The Morgan fingerprint density at radius 3 is 2.78 bits per heavy atom. The first kappa shape index (κ1) is 13.1. The first-order chi connectivity index (χ1) is 8.65. The molecule has 1 N–H and O–H groups in total. The molecule has 2 heterocycles. The van der Waals surface area contributed by atoms with Crippen molar-refractivity contribution in [2.75, 3.05) is 13.1 Å². The van der Waals surface area contributed by atoms with Crippen molar-refractivity contribution < 1.29 is 9.90 Å². The van der Waals surface area contributed by atoms with E-state index in [9.17, 15) is 4.79 Å². The number of nitrogens with zero attached hydrogens (tertiary/aromatic N) is 3. The van der Waals surface area contributed by atoms with Gasteiger partial charge in [-0.1, -0.05) is 0 Å². The largest absolute Gasteiger partial charge is 0.481 e. The Morgan fingerprint density at radius 1 is 1.50 bits per heavy atom. The van der Waals surface area contributed by atoms with Crippen LogP contribution in [0.5, 0.6) is 0 Å². The van der Waals surface area contributed by atoms with Crippen molar-refractivity contribution in [3.05, 3.63) is 18.2 Å². The summed E-state index contributed by atoms with van der Waals surface area (Å²) in [5.41, 5.74) is 1.24. The highest BCUT2D eigenvalue weighted by molar-refractivity contribution is 5.66. The minimum Gasteiger partial charge on any atom is -0.481 e. The molecule has 1 aromatic heterocycles. The van der Waals surface area contributed by atoms with Crippen LogP contribution in [0.4, 0.5) is 0 Å². The Bertz CT molecular complexity index is 395. The van der Waals surface area contributed by atoms with E-state index in [1.807, 2.05) is 19.6 Å². The standard InChI is InChI=1S/C13H21N3O2/c1-15-10-14-8-12(15)9-16-6-4-11(5-7-16)2-3-13(17)18/h8,10-11H,2-7,9H2,1H3,(H,17,18). The number of carboxylic acids is 1. The van der Waals surface area contributed by atoms with Crippen LogP contribution in [0.1, 0.15) is 31.4 Å².